The Hall–Kier alpha value is -3.67. The molecule has 2 N–H and O–H groups in total. The molecule has 28 heavy (non-hydrogen) atoms. The Morgan fingerprint density at radius 3 is 2.00 bits per heavy atom. The lowest BCUT2D eigenvalue weighted by Crippen LogP contribution is -2.17. The van der Waals surface area contributed by atoms with E-state index in [0.29, 0.717) is 16.9 Å². The summed E-state index contributed by atoms with van der Waals surface area (Å²) in [6.07, 6.45) is 1.45. The summed E-state index contributed by atoms with van der Waals surface area (Å²) >= 11 is 0. The summed E-state index contributed by atoms with van der Waals surface area (Å²) in [5.41, 5.74) is 4.04. The molecule has 142 valence electrons. The Morgan fingerprint density at radius 1 is 0.821 bits per heavy atom. The monoisotopic (exact) mass is 374 g/mol. The molecule has 6 heteroatoms. The molecule has 0 saturated heterocycles. The highest BCUT2D eigenvalue weighted by Gasteiger charge is 2.12. The van der Waals surface area contributed by atoms with Gasteiger partial charge in [0.2, 0.25) is 0 Å². The topological polar surface area (TPSA) is 74.3 Å². The number of aryl methyl sites for hydroxylation is 1. The summed E-state index contributed by atoms with van der Waals surface area (Å²) < 4.78 is 0. The van der Waals surface area contributed by atoms with Crippen LogP contribution < -0.4 is 15.5 Å². The average Bonchev–Trinajstić information content (AvgIpc) is 2.70. The Balaban J connectivity index is 1.70. The maximum Gasteiger partial charge on any atom is 0.274 e. The molecule has 0 aliphatic rings. The zero-order valence-electron chi connectivity index (χ0n) is 16.1. The summed E-state index contributed by atoms with van der Waals surface area (Å²) in [7, 11) is 3.90. The van der Waals surface area contributed by atoms with Crippen molar-refractivity contribution in [3.05, 3.63) is 83.7 Å². The lowest BCUT2D eigenvalue weighted by atomic mass is 10.2. The Bertz CT molecular complexity index is 980. The maximum absolute atomic E-state index is 12.5. The van der Waals surface area contributed by atoms with Gasteiger partial charge in [0.15, 0.2) is 0 Å². The van der Waals surface area contributed by atoms with E-state index in [-0.39, 0.29) is 17.5 Å². The van der Waals surface area contributed by atoms with E-state index in [0.717, 1.165) is 11.3 Å². The van der Waals surface area contributed by atoms with E-state index in [1.165, 1.54) is 12.3 Å². The minimum Gasteiger partial charge on any atom is -0.378 e. The molecular formula is C22H22N4O2. The van der Waals surface area contributed by atoms with Gasteiger partial charge >= 0.3 is 0 Å². The van der Waals surface area contributed by atoms with Gasteiger partial charge in [-0.15, -0.1) is 0 Å². The fraction of sp³-hybridized carbons (Fsp3) is 0.136. The summed E-state index contributed by atoms with van der Waals surface area (Å²) in [4.78, 5) is 31.0. The summed E-state index contributed by atoms with van der Waals surface area (Å²) in [5, 5.41) is 5.61. The van der Waals surface area contributed by atoms with Gasteiger partial charge < -0.3 is 15.5 Å². The molecule has 2 amide bonds. The highest BCUT2D eigenvalue weighted by Crippen LogP contribution is 2.17. The molecule has 0 atom stereocenters. The molecule has 0 aliphatic carbocycles. The Morgan fingerprint density at radius 2 is 1.39 bits per heavy atom. The first-order chi connectivity index (χ1) is 13.4. The van der Waals surface area contributed by atoms with Crippen molar-refractivity contribution in [3.8, 4) is 0 Å². The number of carbonyl (C=O) groups is 2. The van der Waals surface area contributed by atoms with Crippen LogP contribution in [0.25, 0.3) is 0 Å². The quantitative estimate of drug-likeness (QED) is 0.709. The van der Waals surface area contributed by atoms with Crippen molar-refractivity contribution in [2.24, 2.45) is 0 Å². The van der Waals surface area contributed by atoms with Gasteiger partial charge in [0.25, 0.3) is 11.8 Å². The van der Waals surface area contributed by atoms with Crippen molar-refractivity contribution in [1.82, 2.24) is 4.98 Å². The number of anilines is 3. The number of pyridine rings is 1. The number of nitrogens with one attached hydrogen (secondary N) is 2. The van der Waals surface area contributed by atoms with E-state index < -0.39 is 0 Å². The van der Waals surface area contributed by atoms with Crippen molar-refractivity contribution in [3.63, 3.8) is 0 Å². The second-order valence-corrected chi connectivity index (χ2v) is 6.65. The van der Waals surface area contributed by atoms with E-state index >= 15 is 0 Å². The summed E-state index contributed by atoms with van der Waals surface area (Å²) in [5.74, 6) is -0.668. The van der Waals surface area contributed by atoms with Gasteiger partial charge in [-0.2, -0.15) is 0 Å². The van der Waals surface area contributed by atoms with Crippen molar-refractivity contribution in [1.29, 1.82) is 0 Å². The molecule has 0 bridgehead atoms. The van der Waals surface area contributed by atoms with E-state index in [2.05, 4.69) is 15.6 Å². The molecule has 0 spiro atoms. The van der Waals surface area contributed by atoms with Crippen LogP contribution in [0.1, 0.15) is 26.4 Å². The zero-order chi connectivity index (χ0) is 20.1. The van der Waals surface area contributed by atoms with Gasteiger partial charge in [-0.05, 0) is 55.5 Å². The van der Waals surface area contributed by atoms with Crippen molar-refractivity contribution in [2.75, 3.05) is 29.6 Å². The average molecular weight is 374 g/mol. The first kappa shape index (κ1) is 19.1. The third-order valence-electron chi connectivity index (χ3n) is 4.21. The number of aromatic nitrogens is 1. The van der Waals surface area contributed by atoms with E-state index in [1.807, 2.05) is 74.4 Å². The van der Waals surface area contributed by atoms with Gasteiger partial charge in [-0.25, -0.2) is 0 Å². The second-order valence-electron chi connectivity index (χ2n) is 6.65. The molecule has 6 nitrogen and oxygen atoms in total. The standard InChI is InChI=1S/C22H22N4O2/c1-15-4-6-17(7-5-15)25-22(28)20-14-16(12-13-23-20)21(27)24-18-8-10-19(11-9-18)26(2)3/h4-14H,1-3H3,(H,24,27)(H,25,28). The smallest absolute Gasteiger partial charge is 0.274 e. The first-order valence-electron chi connectivity index (χ1n) is 8.85. The third kappa shape index (κ3) is 4.73. The predicted octanol–water partition coefficient (Wildman–Crippen LogP) is 3.96. The number of carbonyl (C=O) groups excluding carboxylic acids is 2. The van der Waals surface area contributed by atoms with Crippen LogP contribution in [0.3, 0.4) is 0 Å². The Labute approximate surface area is 164 Å². The van der Waals surface area contributed by atoms with Crippen LogP contribution in [0.4, 0.5) is 17.1 Å². The minimum absolute atomic E-state index is 0.177. The molecule has 3 rings (SSSR count). The van der Waals surface area contributed by atoms with Gasteiger partial charge in [0.1, 0.15) is 5.69 Å². The van der Waals surface area contributed by atoms with Crippen molar-refractivity contribution in [2.45, 2.75) is 6.92 Å². The lowest BCUT2D eigenvalue weighted by Gasteiger charge is -2.13. The molecule has 0 radical (unpaired) electrons. The zero-order valence-corrected chi connectivity index (χ0v) is 16.1. The summed E-state index contributed by atoms with van der Waals surface area (Å²) in [6.45, 7) is 1.98. The van der Waals surface area contributed by atoms with Crippen LogP contribution in [0, 0.1) is 6.92 Å². The van der Waals surface area contributed by atoms with Crippen molar-refractivity contribution >= 4 is 28.9 Å². The van der Waals surface area contributed by atoms with E-state index in [1.54, 1.807) is 6.07 Å². The van der Waals surface area contributed by atoms with Crippen molar-refractivity contribution < 1.29 is 9.59 Å². The van der Waals surface area contributed by atoms with Gasteiger partial charge in [-0.3, -0.25) is 14.6 Å². The highest BCUT2D eigenvalue weighted by molar-refractivity contribution is 6.07. The van der Waals surface area contributed by atoms with E-state index in [4.69, 9.17) is 0 Å². The third-order valence-corrected chi connectivity index (χ3v) is 4.21. The molecule has 0 unspecified atom stereocenters. The molecule has 0 aliphatic heterocycles. The largest absolute Gasteiger partial charge is 0.378 e. The molecule has 0 fully saturated rings. The SMILES string of the molecule is Cc1ccc(NC(=O)c2cc(C(=O)Nc3ccc(N(C)C)cc3)ccn2)cc1. The highest BCUT2D eigenvalue weighted by atomic mass is 16.2. The minimum atomic E-state index is -0.367. The van der Waals surface area contributed by atoms with Gasteiger partial charge in [0.05, 0.1) is 0 Å². The normalized spacial score (nSPS) is 10.2. The summed E-state index contributed by atoms with van der Waals surface area (Å²) in [6, 6.07) is 18.0. The van der Waals surface area contributed by atoms with Crippen LogP contribution in [-0.4, -0.2) is 30.9 Å². The van der Waals surface area contributed by atoms with Crippen LogP contribution in [0.15, 0.2) is 66.9 Å². The first-order valence-corrected chi connectivity index (χ1v) is 8.85. The number of nitrogens with zero attached hydrogens (tertiary/aromatic N) is 2. The van der Waals surface area contributed by atoms with Crippen LogP contribution in [0.2, 0.25) is 0 Å². The molecule has 1 heterocycles. The lowest BCUT2D eigenvalue weighted by molar-refractivity contribution is 0.102. The number of rotatable bonds is 5. The molecule has 1 aromatic heterocycles. The van der Waals surface area contributed by atoms with Gasteiger partial charge in [0, 0.05) is 42.9 Å². The molecule has 0 saturated carbocycles. The number of hydrogen-bond acceptors (Lipinski definition) is 4. The number of benzene rings is 2. The van der Waals surface area contributed by atoms with Crippen LogP contribution in [-0.2, 0) is 0 Å². The van der Waals surface area contributed by atoms with Crippen LogP contribution >= 0.6 is 0 Å². The maximum atomic E-state index is 12.5. The Kier molecular flexibility index (Phi) is 5.69. The predicted molar refractivity (Wildman–Crippen MR) is 112 cm³/mol. The fourth-order valence-electron chi connectivity index (χ4n) is 2.57. The molecule has 3 aromatic rings. The van der Waals surface area contributed by atoms with Gasteiger partial charge in [-0.1, -0.05) is 17.7 Å². The number of hydrogen-bond donors (Lipinski definition) is 2. The van der Waals surface area contributed by atoms with Crippen LogP contribution in [0.5, 0.6) is 0 Å². The van der Waals surface area contributed by atoms with E-state index in [9.17, 15) is 9.59 Å². The second kappa shape index (κ2) is 8.35. The molecular weight excluding hydrogens is 352 g/mol. The number of amides is 2. The fourth-order valence-corrected chi connectivity index (χ4v) is 2.57. The molecule has 2 aromatic carbocycles.